The number of hydrogen-bond acceptors (Lipinski definition) is 1. The molecule has 0 bridgehead atoms. The van der Waals surface area contributed by atoms with Gasteiger partial charge in [0, 0.05) is 0 Å². The van der Waals surface area contributed by atoms with Gasteiger partial charge >= 0.3 is 0 Å². The minimum absolute atomic E-state index is 1.02. The number of unbranched alkanes of at least 4 members (excludes halogenated alkanes) is 5. The molecule has 0 atom stereocenters. The minimum Gasteiger partial charge on any atom is -0.496 e. The number of rotatable bonds is 8. The predicted molar refractivity (Wildman–Crippen MR) is 74.8 cm³/mol. The Hall–Kier alpha value is -0.980. The second-order valence-electron chi connectivity index (χ2n) is 4.82. The maximum Gasteiger partial charge on any atom is 0.122 e. The van der Waals surface area contributed by atoms with Gasteiger partial charge in [0.05, 0.1) is 7.11 Å². The van der Waals surface area contributed by atoms with Gasteiger partial charge in [-0.15, -0.1) is 0 Å². The summed E-state index contributed by atoms with van der Waals surface area (Å²) in [6, 6.07) is 6.57. The van der Waals surface area contributed by atoms with E-state index in [1.54, 1.807) is 7.11 Å². The van der Waals surface area contributed by atoms with Crippen molar-refractivity contribution in [2.45, 2.75) is 58.8 Å². The van der Waals surface area contributed by atoms with E-state index in [-0.39, 0.29) is 0 Å². The van der Waals surface area contributed by atoms with Crippen LogP contribution in [-0.2, 0) is 6.42 Å². The monoisotopic (exact) mass is 234 g/mol. The summed E-state index contributed by atoms with van der Waals surface area (Å²) in [4.78, 5) is 0. The molecule has 0 unspecified atom stereocenters. The highest BCUT2D eigenvalue weighted by molar-refractivity contribution is 5.36. The molecule has 0 aliphatic carbocycles. The summed E-state index contributed by atoms with van der Waals surface area (Å²) >= 11 is 0. The summed E-state index contributed by atoms with van der Waals surface area (Å²) in [6.45, 7) is 4.35. The number of methoxy groups -OCH3 is 1. The third-order valence-electron chi connectivity index (χ3n) is 3.29. The molecule has 1 rings (SSSR count). The number of benzene rings is 1. The van der Waals surface area contributed by atoms with Crippen LogP contribution in [0.5, 0.6) is 5.75 Å². The topological polar surface area (TPSA) is 9.23 Å². The summed E-state index contributed by atoms with van der Waals surface area (Å²) in [5.74, 6) is 1.02. The molecule has 0 spiro atoms. The van der Waals surface area contributed by atoms with Crippen LogP contribution in [0, 0.1) is 6.92 Å². The lowest BCUT2D eigenvalue weighted by molar-refractivity contribution is 0.411. The standard InChI is InChI=1S/C16H26O/c1-4-5-6-7-8-9-10-15-12-11-14(2)16(13-15)17-3/h11-13H,4-10H2,1-3H3. The molecule has 0 saturated heterocycles. The Morgan fingerprint density at radius 1 is 1.00 bits per heavy atom. The van der Waals surface area contributed by atoms with Crippen molar-refractivity contribution in [1.82, 2.24) is 0 Å². The highest BCUT2D eigenvalue weighted by Crippen LogP contribution is 2.20. The third kappa shape index (κ3) is 5.25. The van der Waals surface area contributed by atoms with Crippen LogP contribution < -0.4 is 4.74 Å². The summed E-state index contributed by atoms with van der Waals surface area (Å²) < 4.78 is 5.35. The van der Waals surface area contributed by atoms with Gasteiger partial charge in [0.1, 0.15) is 5.75 Å². The molecule has 0 N–H and O–H groups in total. The van der Waals surface area contributed by atoms with Gasteiger partial charge in [-0.1, -0.05) is 51.2 Å². The van der Waals surface area contributed by atoms with Gasteiger partial charge in [-0.2, -0.15) is 0 Å². The van der Waals surface area contributed by atoms with Crippen LogP contribution in [-0.4, -0.2) is 7.11 Å². The van der Waals surface area contributed by atoms with Crippen molar-refractivity contribution in [2.75, 3.05) is 7.11 Å². The van der Waals surface area contributed by atoms with Crippen molar-refractivity contribution in [3.8, 4) is 5.75 Å². The molecule has 0 radical (unpaired) electrons. The van der Waals surface area contributed by atoms with Gasteiger partial charge in [0.25, 0.3) is 0 Å². The van der Waals surface area contributed by atoms with Gasteiger partial charge < -0.3 is 4.74 Å². The van der Waals surface area contributed by atoms with Crippen LogP contribution in [0.25, 0.3) is 0 Å². The quantitative estimate of drug-likeness (QED) is 0.581. The average molecular weight is 234 g/mol. The number of hydrogen-bond donors (Lipinski definition) is 0. The van der Waals surface area contributed by atoms with Crippen molar-refractivity contribution in [3.05, 3.63) is 29.3 Å². The fourth-order valence-corrected chi connectivity index (χ4v) is 2.13. The molecule has 1 aromatic rings. The first-order chi connectivity index (χ1) is 8.27. The largest absolute Gasteiger partial charge is 0.496 e. The second kappa shape index (κ2) is 8.16. The van der Waals surface area contributed by atoms with Gasteiger partial charge in [-0.3, -0.25) is 0 Å². The van der Waals surface area contributed by atoms with Gasteiger partial charge in [0.2, 0.25) is 0 Å². The zero-order chi connectivity index (χ0) is 12.5. The molecule has 1 aromatic carbocycles. The highest BCUT2D eigenvalue weighted by atomic mass is 16.5. The molecule has 0 amide bonds. The number of aryl methyl sites for hydroxylation is 2. The van der Waals surface area contributed by atoms with Crippen LogP contribution in [0.2, 0.25) is 0 Å². The Balaban J connectivity index is 2.27. The van der Waals surface area contributed by atoms with E-state index in [0.717, 1.165) is 5.75 Å². The molecule has 1 nitrogen and oxygen atoms in total. The maximum atomic E-state index is 5.35. The van der Waals surface area contributed by atoms with E-state index < -0.39 is 0 Å². The summed E-state index contributed by atoms with van der Waals surface area (Å²) in [7, 11) is 1.75. The second-order valence-corrected chi connectivity index (χ2v) is 4.82. The molecule has 96 valence electrons. The molecule has 0 aromatic heterocycles. The third-order valence-corrected chi connectivity index (χ3v) is 3.29. The smallest absolute Gasteiger partial charge is 0.122 e. The van der Waals surface area contributed by atoms with E-state index in [2.05, 4.69) is 32.0 Å². The molecule has 17 heavy (non-hydrogen) atoms. The van der Waals surface area contributed by atoms with Crippen molar-refractivity contribution >= 4 is 0 Å². The van der Waals surface area contributed by atoms with Crippen molar-refractivity contribution in [3.63, 3.8) is 0 Å². The van der Waals surface area contributed by atoms with E-state index >= 15 is 0 Å². The first kappa shape index (κ1) is 14.1. The maximum absolute atomic E-state index is 5.35. The fraction of sp³-hybridized carbons (Fsp3) is 0.625. The Kier molecular flexibility index (Phi) is 6.76. The lowest BCUT2D eigenvalue weighted by Gasteiger charge is -2.07. The average Bonchev–Trinajstić information content (AvgIpc) is 2.35. The van der Waals surface area contributed by atoms with Crippen molar-refractivity contribution in [2.24, 2.45) is 0 Å². The van der Waals surface area contributed by atoms with Crippen LogP contribution in [0.15, 0.2) is 18.2 Å². The zero-order valence-electron chi connectivity index (χ0n) is 11.6. The van der Waals surface area contributed by atoms with E-state index in [1.807, 2.05) is 0 Å². The van der Waals surface area contributed by atoms with Crippen LogP contribution >= 0.6 is 0 Å². The molecule has 0 fully saturated rings. The molecule has 0 aliphatic rings. The molecular formula is C16H26O. The van der Waals surface area contributed by atoms with E-state index in [0.29, 0.717) is 0 Å². The van der Waals surface area contributed by atoms with Gasteiger partial charge in [0.15, 0.2) is 0 Å². The minimum atomic E-state index is 1.02. The highest BCUT2D eigenvalue weighted by Gasteiger charge is 2.00. The normalized spacial score (nSPS) is 10.5. The van der Waals surface area contributed by atoms with E-state index in [9.17, 15) is 0 Å². The molecule has 0 heterocycles. The van der Waals surface area contributed by atoms with E-state index in [4.69, 9.17) is 4.74 Å². The molecule has 0 aliphatic heterocycles. The van der Waals surface area contributed by atoms with Crippen LogP contribution in [0.4, 0.5) is 0 Å². The first-order valence-corrected chi connectivity index (χ1v) is 6.91. The molecule has 0 saturated carbocycles. The number of ether oxygens (including phenoxy) is 1. The lowest BCUT2D eigenvalue weighted by atomic mass is 10.0. The Morgan fingerprint density at radius 3 is 2.41 bits per heavy atom. The zero-order valence-corrected chi connectivity index (χ0v) is 11.6. The van der Waals surface area contributed by atoms with Gasteiger partial charge in [-0.05, 0) is 37.0 Å². The van der Waals surface area contributed by atoms with Crippen molar-refractivity contribution < 1.29 is 4.74 Å². The van der Waals surface area contributed by atoms with Crippen molar-refractivity contribution in [1.29, 1.82) is 0 Å². The van der Waals surface area contributed by atoms with Crippen LogP contribution in [0.3, 0.4) is 0 Å². The SMILES string of the molecule is CCCCCCCCc1ccc(C)c(OC)c1. The van der Waals surface area contributed by atoms with Crippen LogP contribution in [0.1, 0.15) is 56.6 Å². The lowest BCUT2D eigenvalue weighted by Crippen LogP contribution is -1.91. The molecule has 1 heteroatoms. The predicted octanol–water partition coefficient (Wildman–Crippen LogP) is 4.91. The summed E-state index contributed by atoms with van der Waals surface area (Å²) in [5.41, 5.74) is 2.63. The van der Waals surface area contributed by atoms with Gasteiger partial charge in [-0.25, -0.2) is 0 Å². The first-order valence-electron chi connectivity index (χ1n) is 6.91. The Labute approximate surface area is 106 Å². The van der Waals surface area contributed by atoms with E-state index in [1.165, 1.54) is 56.1 Å². The summed E-state index contributed by atoms with van der Waals surface area (Å²) in [6.07, 6.45) is 9.34. The summed E-state index contributed by atoms with van der Waals surface area (Å²) in [5, 5.41) is 0. The Bertz CT molecular complexity index is 317. The Morgan fingerprint density at radius 2 is 1.71 bits per heavy atom. The fourth-order valence-electron chi connectivity index (χ4n) is 2.13. The molecular weight excluding hydrogens is 208 g/mol.